The molecule has 0 atom stereocenters. The number of benzene rings is 4. The van der Waals surface area contributed by atoms with E-state index in [1.54, 1.807) is 42.7 Å². The van der Waals surface area contributed by atoms with Gasteiger partial charge in [0.15, 0.2) is 0 Å². The minimum Gasteiger partial charge on any atom is -0.753 e. The SMILES string of the molecule is CC(C)(C)c1ccc(N(c2ccc(C(C)(C)C)cc2)c2ccnc(-c3cc(C(F)(F)F)n[n-]3)c2)cc1.O=COc1ccnc(-c2cc(OC=O)cc(-c3cc(C#Cc4ccc5ccccc5c4)ccn3)n2)c1.[N-]=C=S.[Ru+2]. The average Bonchev–Trinajstić information content (AvgIpc) is 3.92. The topological polar surface area (TPSA) is 157 Å². The Hall–Kier alpha value is -8.54. The van der Waals surface area contributed by atoms with Crippen molar-refractivity contribution in [1.82, 2.24) is 30.1 Å². The standard InChI is InChI=1S/C29H30F3N4.C29H17N3O4.CNS.Ru/c1-27(2,3)19-7-11-21(12-8-19)36(22-13-9-20(10-14-22)28(4,5)6)23-15-16-33-24(17-23)25-18-26(35-34-25)29(30,31)32;33-18-35-24-10-12-31-27(15-24)29-17-25(36-19-34)16-28(32-29)26-14-21(9-11-30-26)6-5-20-7-8-22-3-1-2-4-23(22)13-20;2-1-3;/h7-18H,1-6H3;1-4,7-19H;;/q-1;;-1;+2. The van der Waals surface area contributed by atoms with Gasteiger partial charge in [0, 0.05) is 65.0 Å². The number of alkyl halides is 3. The van der Waals surface area contributed by atoms with E-state index in [4.69, 9.17) is 14.9 Å². The molecule has 0 radical (unpaired) electrons. The first-order valence-electron chi connectivity index (χ1n) is 23.1. The number of ether oxygens (including phenoxy) is 2. The molecule has 0 bridgehead atoms. The van der Waals surface area contributed by atoms with Crippen LogP contribution in [0, 0.1) is 11.8 Å². The molecule has 0 amide bonds. The minimum atomic E-state index is -4.56. The van der Waals surface area contributed by atoms with Gasteiger partial charge in [0.2, 0.25) is 0 Å². The van der Waals surface area contributed by atoms with Gasteiger partial charge < -0.3 is 30.0 Å². The van der Waals surface area contributed by atoms with Crippen LogP contribution in [-0.4, -0.2) is 43.1 Å². The summed E-state index contributed by atoms with van der Waals surface area (Å²) in [6.45, 7) is 13.6. The summed E-state index contributed by atoms with van der Waals surface area (Å²) >= 11 is 3.70. The number of rotatable bonds is 10. The van der Waals surface area contributed by atoms with Crippen molar-refractivity contribution in [2.24, 2.45) is 0 Å². The fourth-order valence-corrected chi connectivity index (χ4v) is 7.56. The molecule has 9 aromatic rings. The number of hydrogen-bond acceptors (Lipinski definition) is 11. The number of isothiocyanates is 1. The van der Waals surface area contributed by atoms with E-state index in [0.717, 1.165) is 45.0 Å². The first-order chi connectivity index (χ1) is 35.9. The summed E-state index contributed by atoms with van der Waals surface area (Å²) in [6.07, 6.45) is 0.153. The van der Waals surface area contributed by atoms with E-state index in [1.165, 1.54) is 22.5 Å². The number of anilines is 3. The molecule has 12 nitrogen and oxygen atoms in total. The van der Waals surface area contributed by atoms with E-state index in [0.29, 0.717) is 47.2 Å². The zero-order chi connectivity index (χ0) is 53.8. The molecule has 0 spiro atoms. The van der Waals surface area contributed by atoms with E-state index >= 15 is 0 Å². The zero-order valence-electron chi connectivity index (χ0n) is 41.8. The van der Waals surface area contributed by atoms with E-state index in [9.17, 15) is 22.8 Å². The van der Waals surface area contributed by atoms with Crippen molar-refractivity contribution in [3.05, 3.63) is 198 Å². The van der Waals surface area contributed by atoms with Crippen LogP contribution in [0.1, 0.15) is 69.5 Å². The molecule has 0 aliphatic carbocycles. The number of carbonyl (C=O) groups is 2. The van der Waals surface area contributed by atoms with Gasteiger partial charge in [-0.3, -0.25) is 24.5 Å². The monoisotopic (exact) mass is 1120 g/mol. The quantitative estimate of drug-likeness (QED) is 0.0420. The Kier molecular flexibility index (Phi) is 18.8. The van der Waals surface area contributed by atoms with Crippen molar-refractivity contribution in [3.63, 3.8) is 0 Å². The van der Waals surface area contributed by atoms with Crippen LogP contribution in [0.4, 0.5) is 30.2 Å². The van der Waals surface area contributed by atoms with E-state index in [-0.39, 0.29) is 41.8 Å². The molecule has 76 heavy (non-hydrogen) atoms. The maximum atomic E-state index is 13.1. The zero-order valence-corrected chi connectivity index (χ0v) is 44.4. The first kappa shape index (κ1) is 56.8. The second-order valence-electron chi connectivity index (χ2n) is 18.7. The van der Waals surface area contributed by atoms with Gasteiger partial charge >= 0.3 is 25.7 Å². The number of pyridine rings is 4. The summed E-state index contributed by atoms with van der Waals surface area (Å²) in [5.74, 6) is 6.95. The molecule has 0 saturated carbocycles. The smallest absolute Gasteiger partial charge is 0.753 e. The molecule has 0 aliphatic rings. The van der Waals surface area contributed by atoms with Crippen LogP contribution in [0.2, 0.25) is 0 Å². The number of nitrogens with zero attached hydrogens (tertiary/aromatic N) is 8. The first-order valence-corrected chi connectivity index (χ1v) is 23.5. The Morgan fingerprint density at radius 3 is 1.62 bits per heavy atom. The van der Waals surface area contributed by atoms with Gasteiger partial charge in [-0.25, -0.2) is 4.98 Å². The summed E-state index contributed by atoms with van der Waals surface area (Å²) < 4.78 is 49.2. The summed E-state index contributed by atoms with van der Waals surface area (Å²) in [5, 5.41) is 17.8. The van der Waals surface area contributed by atoms with Crippen molar-refractivity contribution < 1.29 is 51.7 Å². The number of aromatic nitrogens is 6. The van der Waals surface area contributed by atoms with Gasteiger partial charge in [0.25, 0.3) is 12.9 Å². The van der Waals surface area contributed by atoms with Crippen molar-refractivity contribution in [2.75, 3.05) is 4.90 Å². The molecule has 0 unspecified atom stereocenters. The van der Waals surface area contributed by atoms with Crippen LogP contribution in [-0.2, 0) is 46.1 Å². The molecule has 9 rings (SSSR count). The van der Waals surface area contributed by atoms with Crippen LogP contribution in [0.5, 0.6) is 11.5 Å². The summed E-state index contributed by atoms with van der Waals surface area (Å²) in [6, 6.07) is 45.2. The van der Waals surface area contributed by atoms with E-state index in [1.807, 2.05) is 48.5 Å². The maximum absolute atomic E-state index is 13.1. The predicted octanol–water partition coefficient (Wildman–Crippen LogP) is 13.7. The Labute approximate surface area is 456 Å². The maximum Gasteiger partial charge on any atom is 2.00 e. The second-order valence-corrected chi connectivity index (χ2v) is 18.8. The largest absolute Gasteiger partial charge is 2.00 e. The summed E-state index contributed by atoms with van der Waals surface area (Å²) in [4.78, 5) is 41.4. The fourth-order valence-electron chi connectivity index (χ4n) is 7.56. The number of fused-ring (bicyclic) bond motifs is 1. The number of thiocarbonyl (C=S) groups is 1. The van der Waals surface area contributed by atoms with Crippen LogP contribution >= 0.6 is 12.2 Å². The van der Waals surface area contributed by atoms with Gasteiger partial charge in [-0.15, -0.1) is 0 Å². The predicted molar refractivity (Wildman–Crippen MR) is 288 cm³/mol. The second kappa shape index (κ2) is 25.1. The minimum absolute atomic E-state index is 0. The Morgan fingerprint density at radius 2 is 1.07 bits per heavy atom. The van der Waals surface area contributed by atoms with Crippen LogP contribution in [0.15, 0.2) is 164 Å². The molecule has 4 aromatic carbocycles. The molecular weight excluding hydrogens is 1070 g/mol. The number of halogens is 3. The molecule has 17 heteroatoms. The Morgan fingerprint density at radius 1 is 0.566 bits per heavy atom. The third-order valence-corrected chi connectivity index (χ3v) is 11.4. The normalized spacial score (nSPS) is 10.9. The summed E-state index contributed by atoms with van der Waals surface area (Å²) in [5.41, 5.74) is 7.89. The number of carbonyl (C=O) groups excluding carboxylic acids is 2. The van der Waals surface area contributed by atoms with Gasteiger partial charge in [0.1, 0.15) is 17.2 Å². The van der Waals surface area contributed by atoms with Gasteiger partial charge in [-0.2, -0.15) is 18.3 Å². The van der Waals surface area contributed by atoms with Gasteiger partial charge in [-0.05, 0) is 106 Å². The summed E-state index contributed by atoms with van der Waals surface area (Å²) in [7, 11) is 0. The van der Waals surface area contributed by atoms with Gasteiger partial charge in [-0.1, -0.05) is 126 Å². The van der Waals surface area contributed by atoms with Crippen molar-refractivity contribution in [3.8, 4) is 57.5 Å². The van der Waals surface area contributed by atoms with Crippen molar-refractivity contribution in [1.29, 1.82) is 0 Å². The molecule has 0 N–H and O–H groups in total. The molecule has 0 fully saturated rings. The molecule has 5 aromatic heterocycles. The molecule has 0 saturated heterocycles. The molecule has 0 aliphatic heterocycles. The van der Waals surface area contributed by atoms with E-state index in [2.05, 4.69) is 161 Å². The van der Waals surface area contributed by atoms with Crippen molar-refractivity contribution >= 4 is 58.2 Å². The van der Waals surface area contributed by atoms with Crippen LogP contribution < -0.4 is 19.5 Å². The molecule has 5 heterocycles. The fraction of sp³-hybridized carbons (Fsp3) is 0.153. The molecular formula is C59H47F3N8O4RuS. The Bertz CT molecular complexity index is 3500. The van der Waals surface area contributed by atoms with Crippen molar-refractivity contribution in [2.45, 2.75) is 58.5 Å². The third-order valence-electron chi connectivity index (χ3n) is 11.4. The average molecular weight is 1120 g/mol. The van der Waals surface area contributed by atoms with Crippen LogP contribution in [0.25, 0.3) is 50.3 Å². The third kappa shape index (κ3) is 14.8. The molecule has 382 valence electrons. The van der Waals surface area contributed by atoms with E-state index < -0.39 is 11.9 Å². The Balaban J connectivity index is 0.000000232. The number of hydrogen-bond donors (Lipinski definition) is 0. The van der Waals surface area contributed by atoms with Gasteiger partial charge in [0.05, 0.1) is 28.5 Å². The van der Waals surface area contributed by atoms with Crippen LogP contribution in [0.3, 0.4) is 0 Å².